The Balaban J connectivity index is 3.15. The highest BCUT2D eigenvalue weighted by atomic mass is 16.1. The first-order chi connectivity index (χ1) is 8.60. The van der Waals surface area contributed by atoms with Crippen LogP contribution in [0.1, 0.15) is 41.2 Å². The summed E-state index contributed by atoms with van der Waals surface area (Å²) in [7, 11) is 0. The topological polar surface area (TPSA) is 56.0 Å². The van der Waals surface area contributed by atoms with E-state index in [1.807, 2.05) is 51.1 Å². The highest BCUT2D eigenvalue weighted by Gasteiger charge is 2.14. The fourth-order valence-corrected chi connectivity index (χ4v) is 1.91. The number of allylic oxidation sites excluding steroid dienone is 4. The van der Waals surface area contributed by atoms with Gasteiger partial charge >= 0.3 is 0 Å². The number of hydrogen-bond donors (Lipinski definition) is 1. The van der Waals surface area contributed by atoms with Crippen LogP contribution in [0.2, 0.25) is 0 Å². The molecule has 1 aromatic heterocycles. The Morgan fingerprint density at radius 3 is 2.72 bits per heavy atom. The normalized spacial score (nSPS) is 11.5. The Kier molecular flexibility index (Phi) is 5.31. The summed E-state index contributed by atoms with van der Waals surface area (Å²) in [6.45, 7) is 5.91. The fraction of sp³-hybridized carbons (Fsp3) is 0.333. The predicted octanol–water partition coefficient (Wildman–Crippen LogP) is 2.73. The summed E-state index contributed by atoms with van der Waals surface area (Å²) >= 11 is 0. The number of carbonyl (C=O) groups is 1. The van der Waals surface area contributed by atoms with Crippen molar-refractivity contribution < 1.29 is 4.79 Å². The number of rotatable bonds is 5. The maximum atomic E-state index is 11.5. The van der Waals surface area contributed by atoms with Crippen LogP contribution < -0.4 is 5.73 Å². The van der Waals surface area contributed by atoms with E-state index in [0.717, 1.165) is 23.4 Å². The lowest BCUT2D eigenvalue weighted by molar-refractivity contribution is 0.0998. The number of carbonyl (C=O) groups excluding carboxylic acids is 1. The summed E-state index contributed by atoms with van der Waals surface area (Å²) < 4.78 is 0. The largest absolute Gasteiger partial charge is 0.366 e. The van der Waals surface area contributed by atoms with Gasteiger partial charge in [-0.3, -0.25) is 9.78 Å². The third-order valence-electron chi connectivity index (χ3n) is 2.68. The zero-order chi connectivity index (χ0) is 13.5. The number of aromatic nitrogens is 1. The number of hydrogen-bond acceptors (Lipinski definition) is 2. The number of nitrogens with two attached hydrogens (primary N) is 1. The molecule has 0 fully saturated rings. The van der Waals surface area contributed by atoms with Gasteiger partial charge in [-0.15, -0.1) is 0 Å². The van der Waals surface area contributed by atoms with E-state index in [9.17, 15) is 4.79 Å². The summed E-state index contributed by atoms with van der Waals surface area (Å²) in [6, 6.07) is 1.93. The minimum atomic E-state index is -0.395. The smallest absolute Gasteiger partial charge is 0.250 e. The van der Waals surface area contributed by atoms with Crippen LogP contribution in [0.5, 0.6) is 0 Å². The van der Waals surface area contributed by atoms with Crippen molar-refractivity contribution >= 4 is 5.91 Å². The molecule has 1 heterocycles. The fourth-order valence-electron chi connectivity index (χ4n) is 1.91. The summed E-state index contributed by atoms with van der Waals surface area (Å²) in [5.74, 6) is -0.395. The lowest BCUT2D eigenvalue weighted by Gasteiger charge is -2.10. The lowest BCUT2D eigenvalue weighted by Crippen LogP contribution is -2.18. The first-order valence-electron chi connectivity index (χ1n) is 6.17. The van der Waals surface area contributed by atoms with Crippen molar-refractivity contribution in [3.05, 3.63) is 52.9 Å². The van der Waals surface area contributed by atoms with Gasteiger partial charge in [-0.25, -0.2) is 0 Å². The summed E-state index contributed by atoms with van der Waals surface area (Å²) in [4.78, 5) is 16.0. The molecular formula is C15H20N2O. The van der Waals surface area contributed by atoms with Gasteiger partial charge < -0.3 is 5.73 Å². The van der Waals surface area contributed by atoms with E-state index in [0.29, 0.717) is 12.0 Å². The van der Waals surface area contributed by atoms with Crippen molar-refractivity contribution in [2.24, 2.45) is 5.73 Å². The molecule has 18 heavy (non-hydrogen) atoms. The highest BCUT2D eigenvalue weighted by molar-refractivity contribution is 5.95. The van der Waals surface area contributed by atoms with Crippen LogP contribution >= 0.6 is 0 Å². The molecule has 0 radical (unpaired) electrons. The number of aryl methyl sites for hydroxylation is 2. The van der Waals surface area contributed by atoms with Crippen molar-refractivity contribution in [3.8, 4) is 0 Å². The molecule has 0 saturated carbocycles. The number of amides is 1. The molecular weight excluding hydrogens is 224 g/mol. The molecule has 96 valence electrons. The van der Waals surface area contributed by atoms with Crippen LogP contribution in [-0.4, -0.2) is 10.9 Å². The van der Waals surface area contributed by atoms with Crippen LogP contribution in [0.4, 0.5) is 0 Å². The number of nitrogens with zero attached hydrogens (tertiary/aromatic N) is 1. The van der Waals surface area contributed by atoms with Gasteiger partial charge in [0.25, 0.3) is 5.91 Å². The average molecular weight is 244 g/mol. The average Bonchev–Trinajstić information content (AvgIpc) is 2.33. The van der Waals surface area contributed by atoms with E-state index in [1.165, 1.54) is 0 Å². The molecule has 0 saturated heterocycles. The predicted molar refractivity (Wildman–Crippen MR) is 74.5 cm³/mol. The minimum Gasteiger partial charge on any atom is -0.366 e. The quantitative estimate of drug-likeness (QED) is 0.810. The number of pyridine rings is 1. The second-order valence-electron chi connectivity index (χ2n) is 4.12. The summed E-state index contributed by atoms with van der Waals surface area (Å²) in [5.41, 5.74) is 8.69. The maximum Gasteiger partial charge on any atom is 0.250 e. The van der Waals surface area contributed by atoms with E-state index in [-0.39, 0.29) is 0 Å². The molecule has 0 aromatic carbocycles. The SMILES string of the molecule is CC=CC=CCc1nc(C)cc(CC)c1C(N)=O. The zero-order valence-corrected chi connectivity index (χ0v) is 11.2. The van der Waals surface area contributed by atoms with Gasteiger partial charge in [-0.2, -0.15) is 0 Å². The van der Waals surface area contributed by atoms with Gasteiger partial charge in [0.05, 0.1) is 11.3 Å². The van der Waals surface area contributed by atoms with Crippen molar-refractivity contribution in [2.75, 3.05) is 0 Å². The van der Waals surface area contributed by atoms with Crippen molar-refractivity contribution in [1.29, 1.82) is 0 Å². The first-order valence-corrected chi connectivity index (χ1v) is 6.17. The monoisotopic (exact) mass is 244 g/mol. The zero-order valence-electron chi connectivity index (χ0n) is 11.2. The molecule has 0 aliphatic rings. The first kappa shape index (κ1) is 14.2. The Bertz CT molecular complexity index is 488. The molecule has 0 aliphatic carbocycles. The van der Waals surface area contributed by atoms with Crippen LogP contribution in [0.15, 0.2) is 30.4 Å². The van der Waals surface area contributed by atoms with Gasteiger partial charge in [0.15, 0.2) is 0 Å². The van der Waals surface area contributed by atoms with E-state index in [2.05, 4.69) is 4.98 Å². The maximum absolute atomic E-state index is 11.5. The second kappa shape index (κ2) is 6.74. The molecule has 2 N–H and O–H groups in total. The Morgan fingerprint density at radius 1 is 1.44 bits per heavy atom. The van der Waals surface area contributed by atoms with Crippen LogP contribution in [0.3, 0.4) is 0 Å². The standard InChI is InChI=1S/C15H20N2O/c1-4-6-7-8-9-13-14(15(16)18)12(5-2)10-11(3)17-13/h4,6-8,10H,5,9H2,1-3H3,(H2,16,18). The van der Waals surface area contributed by atoms with Crippen molar-refractivity contribution in [3.63, 3.8) is 0 Å². The van der Waals surface area contributed by atoms with E-state index in [4.69, 9.17) is 5.73 Å². The summed E-state index contributed by atoms with van der Waals surface area (Å²) in [6.07, 6.45) is 9.23. The highest BCUT2D eigenvalue weighted by Crippen LogP contribution is 2.16. The molecule has 3 heteroatoms. The van der Waals surface area contributed by atoms with Gasteiger partial charge in [0.2, 0.25) is 0 Å². The molecule has 0 unspecified atom stereocenters. The van der Waals surface area contributed by atoms with Crippen molar-refractivity contribution in [2.45, 2.75) is 33.6 Å². The van der Waals surface area contributed by atoms with Gasteiger partial charge in [-0.05, 0) is 31.9 Å². The lowest BCUT2D eigenvalue weighted by atomic mass is 10.0. The van der Waals surface area contributed by atoms with Crippen molar-refractivity contribution in [1.82, 2.24) is 4.98 Å². The molecule has 1 amide bonds. The van der Waals surface area contributed by atoms with Crippen LogP contribution in [0.25, 0.3) is 0 Å². The summed E-state index contributed by atoms with van der Waals surface area (Å²) in [5, 5.41) is 0. The van der Waals surface area contributed by atoms with Gasteiger partial charge in [0, 0.05) is 12.1 Å². The molecule has 0 atom stereocenters. The van der Waals surface area contributed by atoms with Crippen LogP contribution in [0, 0.1) is 6.92 Å². The second-order valence-corrected chi connectivity index (χ2v) is 4.12. The number of primary amides is 1. The van der Waals surface area contributed by atoms with E-state index in [1.54, 1.807) is 0 Å². The Morgan fingerprint density at radius 2 is 2.17 bits per heavy atom. The van der Waals surface area contributed by atoms with Gasteiger partial charge in [0.1, 0.15) is 0 Å². The molecule has 1 aromatic rings. The Hall–Kier alpha value is -1.90. The molecule has 0 bridgehead atoms. The molecule has 0 aliphatic heterocycles. The van der Waals surface area contributed by atoms with Crippen LogP contribution in [-0.2, 0) is 12.8 Å². The van der Waals surface area contributed by atoms with E-state index >= 15 is 0 Å². The third-order valence-corrected chi connectivity index (χ3v) is 2.68. The molecule has 1 rings (SSSR count). The van der Waals surface area contributed by atoms with E-state index < -0.39 is 5.91 Å². The third kappa shape index (κ3) is 3.55. The minimum absolute atomic E-state index is 0.395. The molecule has 0 spiro atoms. The van der Waals surface area contributed by atoms with Gasteiger partial charge in [-0.1, -0.05) is 31.2 Å². The molecule has 3 nitrogen and oxygen atoms in total. The Labute approximate surface area is 108 Å².